The minimum atomic E-state index is -0.478. The predicted octanol–water partition coefficient (Wildman–Crippen LogP) is 1.70. The molecule has 1 heterocycles. The van der Waals surface area contributed by atoms with Crippen LogP contribution in [0, 0.1) is 0 Å². The Morgan fingerprint density at radius 1 is 1.56 bits per heavy atom. The molecule has 0 amide bonds. The molecule has 0 aromatic heterocycles. The maximum Gasteiger partial charge on any atom is 0.0345 e. The van der Waals surface area contributed by atoms with Gasteiger partial charge in [0.2, 0.25) is 0 Å². The molecule has 1 saturated heterocycles. The first-order chi connectivity index (χ1) is 4.34. The van der Waals surface area contributed by atoms with Crippen molar-refractivity contribution in [3.8, 4) is 0 Å². The van der Waals surface area contributed by atoms with Crippen molar-refractivity contribution in [3.63, 3.8) is 0 Å². The standard InChI is InChI=1S/C7H14OS/c1-2-7-5-3-4-6-9(7)8/h7H,2-6H2,1H3/t7-,9?/m1/s1. The van der Waals surface area contributed by atoms with Gasteiger partial charge in [-0.15, -0.1) is 0 Å². The van der Waals surface area contributed by atoms with E-state index in [-0.39, 0.29) is 0 Å². The Labute approximate surface area is 59.3 Å². The van der Waals surface area contributed by atoms with Crippen molar-refractivity contribution in [2.75, 3.05) is 5.75 Å². The van der Waals surface area contributed by atoms with Crippen LogP contribution >= 0.6 is 0 Å². The molecular formula is C7H14OS. The van der Waals surface area contributed by atoms with Crippen LogP contribution in [-0.4, -0.2) is 15.2 Å². The predicted molar refractivity (Wildman–Crippen MR) is 40.9 cm³/mol. The molecule has 0 radical (unpaired) electrons. The molecule has 0 bridgehead atoms. The molecule has 1 fully saturated rings. The first-order valence-corrected chi connectivity index (χ1v) is 5.10. The van der Waals surface area contributed by atoms with Gasteiger partial charge < -0.3 is 0 Å². The van der Waals surface area contributed by atoms with Crippen LogP contribution in [0.4, 0.5) is 0 Å². The van der Waals surface area contributed by atoms with Crippen LogP contribution in [-0.2, 0) is 10.8 Å². The van der Waals surface area contributed by atoms with Gasteiger partial charge in [0.05, 0.1) is 0 Å². The van der Waals surface area contributed by atoms with Crippen LogP contribution < -0.4 is 0 Å². The van der Waals surface area contributed by atoms with Gasteiger partial charge in [-0.05, 0) is 19.3 Å². The third-order valence-electron chi connectivity index (χ3n) is 1.95. The zero-order valence-corrected chi connectivity index (χ0v) is 6.75. The third kappa shape index (κ3) is 1.78. The molecule has 9 heavy (non-hydrogen) atoms. The van der Waals surface area contributed by atoms with Gasteiger partial charge in [0, 0.05) is 21.8 Å². The summed E-state index contributed by atoms with van der Waals surface area (Å²) in [7, 11) is -0.478. The molecule has 0 aliphatic carbocycles. The van der Waals surface area contributed by atoms with E-state index in [1.165, 1.54) is 19.3 Å². The number of hydrogen-bond acceptors (Lipinski definition) is 1. The van der Waals surface area contributed by atoms with E-state index in [4.69, 9.17) is 0 Å². The monoisotopic (exact) mass is 146 g/mol. The second-order valence-electron chi connectivity index (χ2n) is 2.61. The van der Waals surface area contributed by atoms with Crippen LogP contribution in [0.25, 0.3) is 0 Å². The molecule has 1 unspecified atom stereocenters. The summed E-state index contributed by atoms with van der Waals surface area (Å²) in [6.07, 6.45) is 4.78. The Kier molecular flexibility index (Phi) is 2.70. The van der Waals surface area contributed by atoms with Gasteiger partial charge in [0.25, 0.3) is 0 Å². The Morgan fingerprint density at radius 3 is 2.78 bits per heavy atom. The summed E-state index contributed by atoms with van der Waals surface area (Å²) in [5.41, 5.74) is 0. The molecule has 1 aliphatic heterocycles. The van der Waals surface area contributed by atoms with Crippen molar-refractivity contribution >= 4 is 10.8 Å². The first kappa shape index (κ1) is 7.26. The quantitative estimate of drug-likeness (QED) is 0.550. The van der Waals surface area contributed by atoms with Crippen molar-refractivity contribution in [1.29, 1.82) is 0 Å². The molecular weight excluding hydrogens is 132 g/mol. The first-order valence-electron chi connectivity index (χ1n) is 3.71. The zero-order chi connectivity index (χ0) is 6.69. The van der Waals surface area contributed by atoms with Crippen LogP contribution in [0.5, 0.6) is 0 Å². The highest BCUT2D eigenvalue weighted by Crippen LogP contribution is 2.17. The van der Waals surface area contributed by atoms with Gasteiger partial charge in [-0.3, -0.25) is 4.21 Å². The van der Waals surface area contributed by atoms with Crippen molar-refractivity contribution in [2.45, 2.75) is 37.9 Å². The van der Waals surface area contributed by atoms with Crippen LogP contribution in [0.15, 0.2) is 0 Å². The smallest absolute Gasteiger partial charge is 0.0345 e. The van der Waals surface area contributed by atoms with E-state index in [0.717, 1.165) is 12.2 Å². The summed E-state index contributed by atoms with van der Waals surface area (Å²) in [5.74, 6) is 0.957. The normalized spacial score (nSPS) is 36.6. The summed E-state index contributed by atoms with van der Waals surface area (Å²) in [5, 5.41) is 0.527. The fourth-order valence-electron chi connectivity index (χ4n) is 1.30. The van der Waals surface area contributed by atoms with E-state index < -0.39 is 10.8 Å². The van der Waals surface area contributed by atoms with Gasteiger partial charge in [-0.1, -0.05) is 13.3 Å². The van der Waals surface area contributed by atoms with Crippen LogP contribution in [0.1, 0.15) is 32.6 Å². The fraction of sp³-hybridized carbons (Fsp3) is 1.00. The third-order valence-corrected chi connectivity index (χ3v) is 3.95. The van der Waals surface area contributed by atoms with Gasteiger partial charge in [-0.2, -0.15) is 0 Å². The largest absolute Gasteiger partial charge is 0.259 e. The highest BCUT2D eigenvalue weighted by atomic mass is 32.2. The highest BCUT2D eigenvalue weighted by Gasteiger charge is 2.17. The molecule has 2 atom stereocenters. The molecule has 1 aliphatic rings. The SMILES string of the molecule is CC[C@@H]1CCCCS1=O. The lowest BCUT2D eigenvalue weighted by Crippen LogP contribution is -2.21. The molecule has 1 nitrogen and oxygen atoms in total. The van der Waals surface area contributed by atoms with E-state index in [2.05, 4.69) is 6.92 Å². The van der Waals surface area contributed by atoms with E-state index in [0.29, 0.717) is 5.25 Å². The lowest BCUT2D eigenvalue weighted by atomic mass is 10.1. The highest BCUT2D eigenvalue weighted by molar-refractivity contribution is 7.85. The fourth-order valence-corrected chi connectivity index (χ4v) is 2.93. The molecule has 0 N–H and O–H groups in total. The topological polar surface area (TPSA) is 17.1 Å². The Balaban J connectivity index is 2.39. The van der Waals surface area contributed by atoms with E-state index in [9.17, 15) is 4.21 Å². The molecule has 0 spiro atoms. The van der Waals surface area contributed by atoms with E-state index in [1.54, 1.807) is 0 Å². The molecule has 2 heteroatoms. The summed E-state index contributed by atoms with van der Waals surface area (Å²) in [4.78, 5) is 0. The van der Waals surface area contributed by atoms with Gasteiger partial charge in [-0.25, -0.2) is 0 Å². The van der Waals surface area contributed by atoms with Crippen molar-refractivity contribution in [3.05, 3.63) is 0 Å². The van der Waals surface area contributed by atoms with Crippen molar-refractivity contribution in [2.24, 2.45) is 0 Å². The second-order valence-corrected chi connectivity index (χ2v) is 4.45. The average molecular weight is 146 g/mol. The average Bonchev–Trinajstić information content (AvgIpc) is 1.89. The minimum Gasteiger partial charge on any atom is -0.259 e. The summed E-state index contributed by atoms with van der Waals surface area (Å²) in [6, 6.07) is 0. The number of rotatable bonds is 1. The van der Waals surface area contributed by atoms with Crippen LogP contribution in [0.2, 0.25) is 0 Å². The van der Waals surface area contributed by atoms with E-state index in [1.807, 2.05) is 0 Å². The Morgan fingerprint density at radius 2 is 2.33 bits per heavy atom. The summed E-state index contributed by atoms with van der Waals surface area (Å²) < 4.78 is 11.1. The van der Waals surface area contributed by atoms with Gasteiger partial charge >= 0.3 is 0 Å². The van der Waals surface area contributed by atoms with Gasteiger partial charge in [0.1, 0.15) is 0 Å². The maximum atomic E-state index is 11.1. The molecule has 1 rings (SSSR count). The maximum absolute atomic E-state index is 11.1. The summed E-state index contributed by atoms with van der Waals surface area (Å²) >= 11 is 0. The lowest BCUT2D eigenvalue weighted by Gasteiger charge is -2.18. The van der Waals surface area contributed by atoms with Gasteiger partial charge in [0.15, 0.2) is 0 Å². The van der Waals surface area contributed by atoms with Crippen molar-refractivity contribution in [1.82, 2.24) is 0 Å². The summed E-state index contributed by atoms with van der Waals surface area (Å²) in [6.45, 7) is 2.13. The van der Waals surface area contributed by atoms with Crippen LogP contribution in [0.3, 0.4) is 0 Å². The van der Waals surface area contributed by atoms with E-state index >= 15 is 0 Å². The molecule has 0 aromatic rings. The minimum absolute atomic E-state index is 0.478. The lowest BCUT2D eigenvalue weighted by molar-refractivity contribution is 0.599. The van der Waals surface area contributed by atoms with Crippen molar-refractivity contribution < 1.29 is 4.21 Å². The Bertz CT molecular complexity index is 111. The number of hydrogen-bond donors (Lipinski definition) is 0. The molecule has 54 valence electrons. The Hall–Kier alpha value is 0.150. The molecule has 0 aromatic carbocycles. The molecule has 0 saturated carbocycles. The zero-order valence-electron chi connectivity index (χ0n) is 5.93. The second kappa shape index (κ2) is 3.35.